The SMILES string of the molecule is Cc1cnc(CNc2ncc([N+](=O)[O-])cc2C#N)s1. The summed E-state index contributed by atoms with van der Waals surface area (Å²) in [6, 6.07) is 3.08. The van der Waals surface area contributed by atoms with E-state index < -0.39 is 4.92 Å². The van der Waals surface area contributed by atoms with E-state index in [-0.39, 0.29) is 11.3 Å². The van der Waals surface area contributed by atoms with Crippen molar-refractivity contribution >= 4 is 22.8 Å². The van der Waals surface area contributed by atoms with Crippen LogP contribution in [-0.4, -0.2) is 14.9 Å². The molecule has 0 unspecified atom stereocenters. The van der Waals surface area contributed by atoms with Crippen molar-refractivity contribution in [1.82, 2.24) is 9.97 Å². The molecule has 0 spiro atoms. The molecule has 0 radical (unpaired) electrons. The molecule has 0 amide bonds. The van der Waals surface area contributed by atoms with Crippen molar-refractivity contribution in [3.05, 3.63) is 44.0 Å². The topological polar surface area (TPSA) is 105 Å². The van der Waals surface area contributed by atoms with Crippen LogP contribution >= 0.6 is 11.3 Å². The van der Waals surface area contributed by atoms with Crippen LogP contribution in [0.1, 0.15) is 15.4 Å². The van der Waals surface area contributed by atoms with Gasteiger partial charge >= 0.3 is 0 Å². The van der Waals surface area contributed by atoms with Gasteiger partial charge in [0.1, 0.15) is 28.7 Å². The van der Waals surface area contributed by atoms with Crippen LogP contribution in [0, 0.1) is 28.4 Å². The van der Waals surface area contributed by atoms with Gasteiger partial charge in [-0.2, -0.15) is 5.26 Å². The van der Waals surface area contributed by atoms with E-state index in [1.807, 2.05) is 13.0 Å². The molecule has 2 aromatic rings. The summed E-state index contributed by atoms with van der Waals surface area (Å²) < 4.78 is 0. The summed E-state index contributed by atoms with van der Waals surface area (Å²) in [5.41, 5.74) is -0.0605. The first-order valence-corrected chi connectivity index (χ1v) is 6.11. The van der Waals surface area contributed by atoms with E-state index >= 15 is 0 Å². The number of pyridine rings is 1. The Hall–Kier alpha value is -2.53. The molecule has 0 saturated heterocycles. The molecule has 0 fully saturated rings. The van der Waals surface area contributed by atoms with Crippen molar-refractivity contribution in [2.45, 2.75) is 13.5 Å². The van der Waals surface area contributed by atoms with E-state index in [4.69, 9.17) is 5.26 Å². The van der Waals surface area contributed by atoms with Crippen LogP contribution in [0.5, 0.6) is 0 Å². The Kier molecular flexibility index (Phi) is 3.68. The minimum absolute atomic E-state index is 0.141. The highest BCUT2D eigenvalue weighted by atomic mass is 32.1. The summed E-state index contributed by atoms with van der Waals surface area (Å²) in [5, 5.41) is 23.4. The normalized spacial score (nSPS) is 9.89. The van der Waals surface area contributed by atoms with E-state index in [1.54, 1.807) is 6.20 Å². The van der Waals surface area contributed by atoms with Crippen LogP contribution in [0.25, 0.3) is 0 Å². The maximum absolute atomic E-state index is 10.6. The molecule has 7 nitrogen and oxygen atoms in total. The lowest BCUT2D eigenvalue weighted by Crippen LogP contribution is -2.04. The third kappa shape index (κ3) is 3.02. The van der Waals surface area contributed by atoms with E-state index in [1.165, 1.54) is 17.4 Å². The molecule has 0 aromatic carbocycles. The monoisotopic (exact) mass is 275 g/mol. The Bertz CT molecular complexity index is 661. The predicted molar refractivity (Wildman–Crippen MR) is 69.8 cm³/mol. The average molecular weight is 275 g/mol. The molecule has 19 heavy (non-hydrogen) atoms. The van der Waals surface area contributed by atoms with E-state index in [0.717, 1.165) is 16.1 Å². The Morgan fingerprint density at radius 3 is 2.89 bits per heavy atom. The first kappa shape index (κ1) is 12.9. The van der Waals surface area contributed by atoms with Crippen molar-refractivity contribution in [2.75, 3.05) is 5.32 Å². The standard InChI is InChI=1S/C11H9N5O2S/c1-7-4-13-10(19-7)6-15-11-8(3-12)2-9(5-14-11)16(17)18/h2,4-5H,6H2,1H3,(H,14,15). The second-order valence-corrected chi connectivity index (χ2v) is 5.00. The van der Waals surface area contributed by atoms with Gasteiger partial charge in [-0.1, -0.05) is 0 Å². The van der Waals surface area contributed by atoms with Crippen LogP contribution in [0.15, 0.2) is 18.5 Å². The Morgan fingerprint density at radius 1 is 1.53 bits per heavy atom. The lowest BCUT2D eigenvalue weighted by Gasteiger charge is -2.04. The zero-order chi connectivity index (χ0) is 13.8. The summed E-state index contributed by atoms with van der Waals surface area (Å²) in [6.45, 7) is 2.38. The van der Waals surface area contributed by atoms with Crippen LogP contribution in [0.4, 0.5) is 11.5 Å². The molecular formula is C11H9N5O2S. The molecular weight excluding hydrogens is 266 g/mol. The highest BCUT2D eigenvalue weighted by molar-refractivity contribution is 7.11. The zero-order valence-electron chi connectivity index (χ0n) is 9.95. The maximum atomic E-state index is 10.6. The second-order valence-electron chi connectivity index (χ2n) is 3.68. The summed E-state index contributed by atoms with van der Waals surface area (Å²) in [7, 11) is 0. The Morgan fingerprint density at radius 2 is 2.32 bits per heavy atom. The summed E-state index contributed by atoms with van der Waals surface area (Å²) >= 11 is 1.54. The minimum atomic E-state index is -0.582. The maximum Gasteiger partial charge on any atom is 0.289 e. The zero-order valence-corrected chi connectivity index (χ0v) is 10.8. The molecule has 2 heterocycles. The number of nitriles is 1. The predicted octanol–water partition coefficient (Wildman–Crippen LogP) is 2.24. The van der Waals surface area contributed by atoms with Gasteiger partial charge in [0.25, 0.3) is 5.69 Å². The number of anilines is 1. The summed E-state index contributed by atoms with van der Waals surface area (Å²) in [5.74, 6) is 0.320. The van der Waals surface area contributed by atoms with Crippen molar-refractivity contribution in [2.24, 2.45) is 0 Å². The Labute approximate surface area is 112 Å². The fourth-order valence-corrected chi connectivity index (χ4v) is 2.15. The van der Waals surface area contributed by atoms with Crippen LogP contribution in [0.3, 0.4) is 0 Å². The quantitative estimate of drug-likeness (QED) is 0.677. The molecule has 0 saturated carbocycles. The molecule has 0 bridgehead atoms. The second kappa shape index (κ2) is 5.41. The highest BCUT2D eigenvalue weighted by Gasteiger charge is 2.12. The molecule has 0 atom stereocenters. The molecule has 2 rings (SSSR count). The minimum Gasteiger partial charge on any atom is -0.362 e. The number of nitrogens with zero attached hydrogens (tertiary/aromatic N) is 4. The number of aryl methyl sites for hydroxylation is 1. The lowest BCUT2D eigenvalue weighted by atomic mass is 10.2. The largest absolute Gasteiger partial charge is 0.362 e. The number of thiazole rings is 1. The number of hydrogen-bond acceptors (Lipinski definition) is 7. The molecule has 0 aliphatic heterocycles. The Balaban J connectivity index is 2.16. The third-order valence-corrected chi connectivity index (χ3v) is 3.19. The first-order chi connectivity index (χ1) is 9.10. The summed E-state index contributed by atoms with van der Waals surface area (Å²) in [6.07, 6.45) is 2.88. The lowest BCUT2D eigenvalue weighted by molar-refractivity contribution is -0.385. The van der Waals surface area contributed by atoms with E-state index in [0.29, 0.717) is 12.4 Å². The van der Waals surface area contributed by atoms with Gasteiger partial charge in [0.15, 0.2) is 0 Å². The van der Waals surface area contributed by atoms with Gasteiger partial charge < -0.3 is 5.32 Å². The number of nitro groups is 1. The van der Waals surface area contributed by atoms with E-state index in [9.17, 15) is 10.1 Å². The fourth-order valence-electron chi connectivity index (χ4n) is 1.42. The molecule has 1 N–H and O–H groups in total. The molecule has 0 aliphatic carbocycles. The number of hydrogen-bond donors (Lipinski definition) is 1. The average Bonchev–Trinajstić information content (AvgIpc) is 2.81. The van der Waals surface area contributed by atoms with Gasteiger partial charge in [0.05, 0.1) is 11.5 Å². The molecule has 2 aromatic heterocycles. The fraction of sp³-hybridized carbons (Fsp3) is 0.182. The van der Waals surface area contributed by atoms with Crippen molar-refractivity contribution in [3.8, 4) is 6.07 Å². The number of aromatic nitrogens is 2. The molecule has 96 valence electrons. The number of rotatable bonds is 4. The van der Waals surface area contributed by atoms with Crippen LogP contribution in [-0.2, 0) is 6.54 Å². The molecule has 0 aliphatic rings. The van der Waals surface area contributed by atoms with Gasteiger partial charge in [0.2, 0.25) is 0 Å². The van der Waals surface area contributed by atoms with Gasteiger partial charge in [-0.05, 0) is 6.92 Å². The van der Waals surface area contributed by atoms with Gasteiger partial charge in [-0.25, -0.2) is 9.97 Å². The highest BCUT2D eigenvalue weighted by Crippen LogP contribution is 2.19. The van der Waals surface area contributed by atoms with Crippen LogP contribution < -0.4 is 5.32 Å². The van der Waals surface area contributed by atoms with Crippen molar-refractivity contribution in [3.63, 3.8) is 0 Å². The smallest absolute Gasteiger partial charge is 0.289 e. The van der Waals surface area contributed by atoms with Crippen molar-refractivity contribution in [1.29, 1.82) is 5.26 Å². The van der Waals surface area contributed by atoms with Gasteiger partial charge in [-0.3, -0.25) is 10.1 Å². The van der Waals surface area contributed by atoms with Gasteiger partial charge in [0, 0.05) is 17.1 Å². The van der Waals surface area contributed by atoms with Gasteiger partial charge in [-0.15, -0.1) is 11.3 Å². The van der Waals surface area contributed by atoms with Crippen molar-refractivity contribution < 1.29 is 4.92 Å². The van der Waals surface area contributed by atoms with Crippen LogP contribution in [0.2, 0.25) is 0 Å². The third-order valence-electron chi connectivity index (χ3n) is 2.28. The molecule has 8 heteroatoms. The number of nitrogens with one attached hydrogen (secondary N) is 1. The van der Waals surface area contributed by atoms with E-state index in [2.05, 4.69) is 15.3 Å². The summed E-state index contributed by atoms with van der Waals surface area (Å²) in [4.78, 5) is 19.2. The first-order valence-electron chi connectivity index (χ1n) is 5.30.